The summed E-state index contributed by atoms with van der Waals surface area (Å²) in [5.74, 6) is 0.908. The van der Waals surface area contributed by atoms with E-state index in [0.717, 1.165) is 28.2 Å². The molecule has 3 N–H and O–H groups in total. The number of rotatable bonds is 4. The average Bonchev–Trinajstić information content (AvgIpc) is 2.68. The minimum absolute atomic E-state index is 0.420. The van der Waals surface area contributed by atoms with E-state index in [4.69, 9.17) is 12.2 Å². The van der Waals surface area contributed by atoms with Gasteiger partial charge >= 0.3 is 0 Å². The van der Waals surface area contributed by atoms with Crippen molar-refractivity contribution in [3.05, 3.63) is 76.9 Å². The number of aryl methyl sites for hydroxylation is 4. The summed E-state index contributed by atoms with van der Waals surface area (Å²) in [6, 6.07) is 11.9. The van der Waals surface area contributed by atoms with E-state index in [-0.39, 0.29) is 0 Å². The highest BCUT2D eigenvalue weighted by Crippen LogP contribution is 2.15. The normalized spacial score (nSPS) is 11.1. The van der Waals surface area contributed by atoms with Crippen LogP contribution in [0, 0.1) is 27.7 Å². The maximum atomic E-state index is 5.51. The summed E-state index contributed by atoms with van der Waals surface area (Å²) in [5.41, 5.74) is 5.96. The molecular formula is C22H25N7S. The number of anilines is 2. The smallest absolute Gasteiger partial charge is 0.229 e. The summed E-state index contributed by atoms with van der Waals surface area (Å²) in [5, 5.41) is 9.90. The quantitative estimate of drug-likeness (QED) is 0.334. The molecule has 0 bridgehead atoms. The molecule has 0 fully saturated rings. The summed E-state index contributed by atoms with van der Waals surface area (Å²) in [6.45, 7) is 8.37. The molecule has 0 aliphatic heterocycles. The monoisotopic (exact) mass is 419 g/mol. The molecular weight excluding hydrogens is 394 g/mol. The Labute approximate surface area is 182 Å². The van der Waals surface area contributed by atoms with Gasteiger partial charge in [-0.1, -0.05) is 23.8 Å². The lowest BCUT2D eigenvalue weighted by Gasteiger charge is -2.15. The van der Waals surface area contributed by atoms with Crippen molar-refractivity contribution in [1.82, 2.24) is 20.3 Å². The SMILES string of the molecule is Cc1ccc(NC(=S)NC(=NCc2cccnc2)Nc2nc(C)cc(C)n2)c(C)c1. The predicted molar refractivity (Wildman–Crippen MR) is 126 cm³/mol. The molecule has 7 nitrogen and oxygen atoms in total. The Hall–Kier alpha value is -3.39. The van der Waals surface area contributed by atoms with Crippen molar-refractivity contribution in [3.8, 4) is 0 Å². The first-order valence-electron chi connectivity index (χ1n) is 9.57. The van der Waals surface area contributed by atoms with Crippen LogP contribution in [0.5, 0.6) is 0 Å². The van der Waals surface area contributed by atoms with Crippen molar-refractivity contribution in [2.24, 2.45) is 4.99 Å². The van der Waals surface area contributed by atoms with E-state index in [2.05, 4.69) is 48.9 Å². The highest BCUT2D eigenvalue weighted by molar-refractivity contribution is 7.80. The van der Waals surface area contributed by atoms with E-state index in [1.807, 2.05) is 51.1 Å². The van der Waals surface area contributed by atoms with Crippen LogP contribution < -0.4 is 16.0 Å². The molecule has 0 saturated heterocycles. The fourth-order valence-electron chi connectivity index (χ4n) is 2.87. The third kappa shape index (κ3) is 6.31. The van der Waals surface area contributed by atoms with Crippen LogP contribution in [0.15, 0.2) is 53.8 Å². The number of pyridine rings is 1. The van der Waals surface area contributed by atoms with Gasteiger partial charge in [0.25, 0.3) is 0 Å². The van der Waals surface area contributed by atoms with Crippen LogP contribution in [0.4, 0.5) is 11.6 Å². The second kappa shape index (κ2) is 9.89. The summed E-state index contributed by atoms with van der Waals surface area (Å²) < 4.78 is 0. The third-order valence-corrected chi connectivity index (χ3v) is 4.42. The predicted octanol–water partition coefficient (Wildman–Crippen LogP) is 4.06. The van der Waals surface area contributed by atoms with Crippen LogP contribution in [0.3, 0.4) is 0 Å². The zero-order valence-corrected chi connectivity index (χ0v) is 18.3. The Kier molecular flexibility index (Phi) is 7.03. The lowest BCUT2D eigenvalue weighted by atomic mass is 10.1. The highest BCUT2D eigenvalue weighted by atomic mass is 32.1. The Morgan fingerprint density at radius 2 is 1.77 bits per heavy atom. The van der Waals surface area contributed by atoms with Crippen LogP contribution in [-0.4, -0.2) is 26.0 Å². The molecule has 3 rings (SSSR count). The Morgan fingerprint density at radius 3 is 2.43 bits per heavy atom. The second-order valence-corrected chi connectivity index (χ2v) is 7.43. The maximum Gasteiger partial charge on any atom is 0.229 e. The zero-order valence-electron chi connectivity index (χ0n) is 17.5. The Morgan fingerprint density at radius 1 is 1.00 bits per heavy atom. The molecule has 0 radical (unpaired) electrons. The van der Waals surface area contributed by atoms with Crippen molar-refractivity contribution in [2.75, 3.05) is 10.6 Å². The number of hydrogen-bond donors (Lipinski definition) is 3. The molecule has 2 heterocycles. The van der Waals surface area contributed by atoms with Crippen LogP contribution in [0.25, 0.3) is 0 Å². The molecule has 154 valence electrons. The minimum atomic E-state index is 0.420. The number of guanidine groups is 1. The van der Waals surface area contributed by atoms with E-state index in [1.54, 1.807) is 12.4 Å². The van der Waals surface area contributed by atoms with Gasteiger partial charge in [0, 0.05) is 29.5 Å². The molecule has 0 amide bonds. The van der Waals surface area contributed by atoms with Gasteiger partial charge in [0.05, 0.1) is 6.54 Å². The Balaban J connectivity index is 1.78. The van der Waals surface area contributed by atoms with Gasteiger partial charge in [-0.15, -0.1) is 0 Å². The number of aromatic nitrogens is 3. The van der Waals surface area contributed by atoms with E-state index >= 15 is 0 Å². The van der Waals surface area contributed by atoms with Crippen LogP contribution in [0.2, 0.25) is 0 Å². The number of benzene rings is 1. The van der Waals surface area contributed by atoms with Gasteiger partial charge in [-0.3, -0.25) is 10.3 Å². The average molecular weight is 420 g/mol. The first-order valence-corrected chi connectivity index (χ1v) is 9.98. The highest BCUT2D eigenvalue weighted by Gasteiger charge is 2.08. The van der Waals surface area contributed by atoms with E-state index in [9.17, 15) is 0 Å². The topological polar surface area (TPSA) is 87.1 Å². The first-order chi connectivity index (χ1) is 14.4. The summed E-state index contributed by atoms with van der Waals surface area (Å²) in [6.07, 6.45) is 3.51. The lowest BCUT2D eigenvalue weighted by Crippen LogP contribution is -2.39. The van der Waals surface area contributed by atoms with Gasteiger partial charge < -0.3 is 10.6 Å². The van der Waals surface area contributed by atoms with Crippen LogP contribution in [-0.2, 0) is 6.54 Å². The van der Waals surface area contributed by atoms with Gasteiger partial charge in [-0.2, -0.15) is 0 Å². The van der Waals surface area contributed by atoms with E-state index in [1.165, 1.54) is 5.56 Å². The van der Waals surface area contributed by atoms with E-state index < -0.39 is 0 Å². The molecule has 30 heavy (non-hydrogen) atoms. The molecule has 0 aliphatic carbocycles. The summed E-state index contributed by atoms with van der Waals surface area (Å²) in [7, 11) is 0. The molecule has 3 aromatic rings. The maximum absolute atomic E-state index is 5.51. The van der Waals surface area contributed by atoms with Crippen molar-refractivity contribution in [2.45, 2.75) is 34.2 Å². The van der Waals surface area contributed by atoms with Crippen LogP contribution >= 0.6 is 12.2 Å². The van der Waals surface area contributed by atoms with E-state index in [0.29, 0.717) is 23.6 Å². The summed E-state index contributed by atoms with van der Waals surface area (Å²) >= 11 is 5.51. The standard InChI is InChI=1S/C22H25N7S/c1-14-7-8-19(15(2)10-14)27-22(30)29-20(24-13-18-6-5-9-23-12-18)28-21-25-16(3)11-17(4)26-21/h5-12H,13H2,1-4H3,(H3,24,25,26,27,28,29,30). The fourth-order valence-corrected chi connectivity index (χ4v) is 3.08. The number of aliphatic imine (C=N–C) groups is 1. The lowest BCUT2D eigenvalue weighted by molar-refractivity contribution is 1.02. The molecule has 0 saturated carbocycles. The summed E-state index contributed by atoms with van der Waals surface area (Å²) in [4.78, 5) is 17.6. The number of hydrogen-bond acceptors (Lipinski definition) is 5. The van der Waals surface area contributed by atoms with Gasteiger partial charge in [0.2, 0.25) is 11.9 Å². The number of nitrogens with one attached hydrogen (secondary N) is 3. The number of thiocarbonyl (C=S) groups is 1. The van der Waals surface area contributed by atoms with Crippen LogP contribution in [0.1, 0.15) is 28.1 Å². The third-order valence-electron chi connectivity index (χ3n) is 4.22. The Bertz CT molecular complexity index is 1040. The van der Waals surface area contributed by atoms with Crippen molar-refractivity contribution >= 4 is 34.9 Å². The van der Waals surface area contributed by atoms with Gasteiger partial charge in [0.15, 0.2) is 5.11 Å². The van der Waals surface area contributed by atoms with Gasteiger partial charge in [-0.25, -0.2) is 15.0 Å². The number of nitrogens with zero attached hydrogens (tertiary/aromatic N) is 4. The zero-order chi connectivity index (χ0) is 21.5. The van der Waals surface area contributed by atoms with Gasteiger partial charge in [0.1, 0.15) is 0 Å². The molecule has 0 unspecified atom stereocenters. The molecule has 8 heteroatoms. The van der Waals surface area contributed by atoms with Crippen molar-refractivity contribution in [3.63, 3.8) is 0 Å². The molecule has 2 aromatic heterocycles. The molecule has 0 atom stereocenters. The second-order valence-electron chi connectivity index (χ2n) is 7.02. The van der Waals surface area contributed by atoms with Gasteiger partial charge in [-0.05, 0) is 69.2 Å². The first kappa shape index (κ1) is 21.3. The molecule has 0 spiro atoms. The molecule has 1 aromatic carbocycles. The molecule has 0 aliphatic rings. The fraction of sp³-hybridized carbons (Fsp3) is 0.227. The largest absolute Gasteiger partial charge is 0.332 e. The van der Waals surface area contributed by atoms with Crippen molar-refractivity contribution < 1.29 is 0 Å². The van der Waals surface area contributed by atoms with Crippen molar-refractivity contribution in [1.29, 1.82) is 0 Å². The minimum Gasteiger partial charge on any atom is -0.332 e.